The van der Waals surface area contributed by atoms with E-state index in [1.165, 1.54) is 0 Å². The summed E-state index contributed by atoms with van der Waals surface area (Å²) in [5, 5.41) is 8.17. The maximum absolute atomic E-state index is 7.50. The Kier molecular flexibility index (Phi) is 4.70. The van der Waals surface area contributed by atoms with E-state index in [2.05, 4.69) is 0 Å². The largest absolute Gasteiger partial charge is 0.496 e. The van der Waals surface area contributed by atoms with Crippen LogP contribution in [0.3, 0.4) is 0 Å². The van der Waals surface area contributed by atoms with Crippen molar-refractivity contribution < 1.29 is 9.47 Å². The van der Waals surface area contributed by atoms with Crippen molar-refractivity contribution in [2.45, 2.75) is 13.5 Å². The van der Waals surface area contributed by atoms with Gasteiger partial charge < -0.3 is 15.2 Å². The minimum atomic E-state index is 0.0153. The molecule has 2 aromatic carbocycles. The molecule has 0 amide bonds. The highest BCUT2D eigenvalue weighted by molar-refractivity contribution is 6.30. The Morgan fingerprint density at radius 1 is 1.19 bits per heavy atom. The van der Waals surface area contributed by atoms with Crippen molar-refractivity contribution in [3.8, 4) is 11.5 Å². The van der Waals surface area contributed by atoms with Crippen molar-refractivity contribution in [1.82, 2.24) is 0 Å². The van der Waals surface area contributed by atoms with E-state index >= 15 is 0 Å². The average Bonchev–Trinajstić information content (AvgIpc) is 2.46. The Bertz CT molecular complexity index is 671. The lowest BCUT2D eigenvalue weighted by Gasteiger charge is -2.13. The first-order chi connectivity index (χ1) is 10.0. The second-order valence-corrected chi connectivity index (χ2v) is 5.08. The molecule has 0 aliphatic rings. The standard InChI is InChI=1S/C16H17ClN2O2/c1-10-7-13(17)4-6-14(10)21-9-12-8-11(16(18)19)3-5-15(12)20-2/h3-8H,9H2,1-2H3,(H3,18,19). The van der Waals surface area contributed by atoms with Crippen molar-refractivity contribution in [3.05, 3.63) is 58.1 Å². The van der Waals surface area contributed by atoms with Gasteiger partial charge in [0.25, 0.3) is 0 Å². The van der Waals surface area contributed by atoms with Gasteiger partial charge in [-0.2, -0.15) is 0 Å². The zero-order valence-electron chi connectivity index (χ0n) is 11.9. The van der Waals surface area contributed by atoms with Crippen LogP contribution < -0.4 is 15.2 Å². The molecular weight excluding hydrogens is 288 g/mol. The lowest BCUT2D eigenvalue weighted by Crippen LogP contribution is -2.12. The fraction of sp³-hybridized carbons (Fsp3) is 0.188. The number of nitrogens with two attached hydrogens (primary N) is 1. The van der Waals surface area contributed by atoms with Crippen molar-refractivity contribution in [1.29, 1.82) is 5.41 Å². The van der Waals surface area contributed by atoms with E-state index in [9.17, 15) is 0 Å². The van der Waals surface area contributed by atoms with E-state index in [1.54, 1.807) is 31.4 Å². The molecule has 0 spiro atoms. The Balaban J connectivity index is 2.22. The molecule has 0 aliphatic carbocycles. The number of hydrogen-bond acceptors (Lipinski definition) is 3. The smallest absolute Gasteiger partial charge is 0.125 e. The van der Waals surface area contributed by atoms with E-state index in [-0.39, 0.29) is 5.84 Å². The summed E-state index contributed by atoms with van der Waals surface area (Å²) in [6, 6.07) is 10.8. The van der Waals surface area contributed by atoms with E-state index in [4.69, 9.17) is 32.2 Å². The molecule has 0 saturated heterocycles. The number of aryl methyl sites for hydroxylation is 1. The first kappa shape index (κ1) is 15.2. The first-order valence-corrected chi connectivity index (χ1v) is 6.79. The Labute approximate surface area is 129 Å². The van der Waals surface area contributed by atoms with Gasteiger partial charge in [0.2, 0.25) is 0 Å². The molecule has 5 heteroatoms. The lowest BCUT2D eigenvalue weighted by atomic mass is 10.1. The van der Waals surface area contributed by atoms with Gasteiger partial charge in [0.1, 0.15) is 23.9 Å². The minimum absolute atomic E-state index is 0.0153. The number of benzene rings is 2. The molecule has 0 aromatic heterocycles. The monoisotopic (exact) mass is 304 g/mol. The topological polar surface area (TPSA) is 68.3 Å². The average molecular weight is 305 g/mol. The van der Waals surface area contributed by atoms with Crippen LogP contribution in [0.15, 0.2) is 36.4 Å². The van der Waals surface area contributed by atoms with Crippen molar-refractivity contribution >= 4 is 17.4 Å². The van der Waals surface area contributed by atoms with E-state index in [0.29, 0.717) is 22.9 Å². The number of ether oxygens (including phenoxy) is 2. The summed E-state index contributed by atoms with van der Waals surface area (Å²) in [7, 11) is 1.60. The number of nitrogens with one attached hydrogen (secondary N) is 1. The highest BCUT2D eigenvalue weighted by Crippen LogP contribution is 2.25. The van der Waals surface area contributed by atoms with Crippen LogP contribution >= 0.6 is 11.6 Å². The fourth-order valence-electron chi connectivity index (χ4n) is 1.99. The van der Waals surface area contributed by atoms with Gasteiger partial charge in [0.15, 0.2) is 0 Å². The third-order valence-corrected chi connectivity index (χ3v) is 3.35. The number of amidine groups is 1. The molecule has 0 heterocycles. The third-order valence-electron chi connectivity index (χ3n) is 3.11. The highest BCUT2D eigenvalue weighted by atomic mass is 35.5. The van der Waals surface area contributed by atoms with Crippen LogP contribution in [0.4, 0.5) is 0 Å². The number of hydrogen-bond donors (Lipinski definition) is 2. The zero-order valence-corrected chi connectivity index (χ0v) is 12.7. The van der Waals surface area contributed by atoms with Gasteiger partial charge >= 0.3 is 0 Å². The molecule has 0 fully saturated rings. The molecule has 0 bridgehead atoms. The van der Waals surface area contributed by atoms with Crippen molar-refractivity contribution in [3.63, 3.8) is 0 Å². The van der Waals surface area contributed by atoms with Gasteiger partial charge in [-0.1, -0.05) is 11.6 Å². The van der Waals surface area contributed by atoms with Gasteiger partial charge in [0.05, 0.1) is 7.11 Å². The first-order valence-electron chi connectivity index (χ1n) is 6.41. The predicted molar refractivity (Wildman–Crippen MR) is 84.5 cm³/mol. The van der Waals surface area contributed by atoms with Crippen LogP contribution in [-0.4, -0.2) is 12.9 Å². The molecule has 0 unspecified atom stereocenters. The SMILES string of the molecule is COc1ccc(C(=N)N)cc1COc1ccc(Cl)cc1C. The predicted octanol–water partition coefficient (Wildman–Crippen LogP) is 3.52. The van der Waals surface area contributed by atoms with E-state index in [0.717, 1.165) is 16.9 Å². The maximum Gasteiger partial charge on any atom is 0.125 e. The summed E-state index contributed by atoms with van der Waals surface area (Å²) < 4.78 is 11.1. The van der Waals surface area contributed by atoms with Gasteiger partial charge in [-0.3, -0.25) is 5.41 Å². The quantitative estimate of drug-likeness (QED) is 0.656. The Hall–Kier alpha value is -2.20. The Morgan fingerprint density at radius 2 is 1.90 bits per heavy atom. The van der Waals surface area contributed by atoms with Crippen LogP contribution in [0.2, 0.25) is 5.02 Å². The van der Waals surface area contributed by atoms with Crippen molar-refractivity contribution in [2.75, 3.05) is 7.11 Å². The molecule has 3 N–H and O–H groups in total. The number of halogens is 1. The summed E-state index contributed by atoms with van der Waals surface area (Å²) in [6.45, 7) is 2.26. The van der Waals surface area contributed by atoms with Gasteiger partial charge in [0, 0.05) is 16.1 Å². The number of nitrogen functional groups attached to an aromatic ring is 1. The van der Waals surface area contributed by atoms with Gasteiger partial charge in [-0.15, -0.1) is 0 Å². The summed E-state index contributed by atoms with van der Waals surface area (Å²) in [6.07, 6.45) is 0. The number of methoxy groups -OCH3 is 1. The maximum atomic E-state index is 7.50. The third kappa shape index (κ3) is 3.67. The van der Waals surface area contributed by atoms with Crippen LogP contribution in [0.1, 0.15) is 16.7 Å². The van der Waals surface area contributed by atoms with Gasteiger partial charge in [-0.05, 0) is 48.9 Å². The molecule has 2 rings (SSSR count). The fourth-order valence-corrected chi connectivity index (χ4v) is 2.22. The molecular formula is C16H17ClN2O2. The Morgan fingerprint density at radius 3 is 2.52 bits per heavy atom. The molecule has 0 saturated carbocycles. The summed E-state index contributed by atoms with van der Waals surface area (Å²) in [5.74, 6) is 1.47. The normalized spacial score (nSPS) is 10.2. The molecule has 21 heavy (non-hydrogen) atoms. The molecule has 0 aliphatic heterocycles. The van der Waals surface area contributed by atoms with Crippen LogP contribution in [0.25, 0.3) is 0 Å². The molecule has 2 aromatic rings. The lowest BCUT2D eigenvalue weighted by molar-refractivity contribution is 0.295. The zero-order chi connectivity index (χ0) is 15.4. The van der Waals surface area contributed by atoms with Crippen LogP contribution in [0.5, 0.6) is 11.5 Å². The molecule has 0 atom stereocenters. The van der Waals surface area contributed by atoms with Crippen LogP contribution in [-0.2, 0) is 6.61 Å². The van der Waals surface area contributed by atoms with Crippen molar-refractivity contribution in [2.24, 2.45) is 5.73 Å². The van der Waals surface area contributed by atoms with E-state index < -0.39 is 0 Å². The van der Waals surface area contributed by atoms with Gasteiger partial charge in [-0.25, -0.2) is 0 Å². The minimum Gasteiger partial charge on any atom is -0.496 e. The number of rotatable bonds is 5. The highest BCUT2D eigenvalue weighted by Gasteiger charge is 2.08. The summed E-state index contributed by atoms with van der Waals surface area (Å²) in [5.41, 5.74) is 7.95. The van der Waals surface area contributed by atoms with E-state index in [1.807, 2.05) is 19.1 Å². The molecule has 110 valence electrons. The second kappa shape index (κ2) is 6.50. The summed E-state index contributed by atoms with van der Waals surface area (Å²) in [4.78, 5) is 0. The van der Waals surface area contributed by atoms with Crippen LogP contribution in [0, 0.1) is 12.3 Å². The second-order valence-electron chi connectivity index (χ2n) is 4.64. The molecule has 4 nitrogen and oxygen atoms in total. The molecule has 0 radical (unpaired) electrons. The summed E-state index contributed by atoms with van der Waals surface area (Å²) >= 11 is 5.92.